The molecule has 16 N–H and O–H groups in total. The first kappa shape index (κ1) is 38.6. The summed E-state index contributed by atoms with van der Waals surface area (Å²) < 4.78 is 0. The molecule has 0 fully saturated rings. The van der Waals surface area contributed by atoms with Crippen LogP contribution in [0.1, 0.15) is 0 Å². The highest BCUT2D eigenvalue weighted by Gasteiger charge is 2.14. The van der Waals surface area contributed by atoms with Crippen molar-refractivity contribution < 1.29 is 81.7 Å². The largest absolute Gasteiger partial charge is 0.394 e. The summed E-state index contributed by atoms with van der Waals surface area (Å²) >= 11 is 0. The Kier molecular flexibility index (Phi) is 32.1. The van der Waals surface area contributed by atoms with Gasteiger partial charge in [0.25, 0.3) is 0 Å². The molecule has 0 amide bonds. The number of aliphatic hydroxyl groups is 16. The molecule has 0 spiro atoms. The van der Waals surface area contributed by atoms with E-state index in [-0.39, 0.29) is 0 Å². The summed E-state index contributed by atoms with van der Waals surface area (Å²) in [7, 11) is 0. The van der Waals surface area contributed by atoms with E-state index in [1.165, 1.54) is 0 Å². The van der Waals surface area contributed by atoms with E-state index in [4.69, 9.17) is 81.7 Å². The molecule has 0 aromatic carbocycles. The zero-order chi connectivity index (χ0) is 26.3. The maximum atomic E-state index is 8.47. The quantitative estimate of drug-likeness (QED) is 0.121. The van der Waals surface area contributed by atoms with Crippen molar-refractivity contribution in [2.24, 2.45) is 0 Å². The van der Waals surface area contributed by atoms with E-state index in [0.717, 1.165) is 0 Å². The van der Waals surface area contributed by atoms with Crippen LogP contribution in [0.3, 0.4) is 0 Å². The fraction of sp³-hybridized carbons (Fsp3) is 1.00. The second kappa shape index (κ2) is 26.6. The van der Waals surface area contributed by atoms with Crippen molar-refractivity contribution in [1.29, 1.82) is 0 Å². The first-order valence-corrected chi connectivity index (χ1v) is 9.19. The van der Waals surface area contributed by atoms with E-state index in [1.807, 2.05) is 0 Å². The van der Waals surface area contributed by atoms with Crippen LogP contribution >= 0.6 is 0 Å². The monoisotopic (exact) mass is 488 g/mol. The Bertz CT molecular complexity index is 256. The van der Waals surface area contributed by atoms with Crippen molar-refractivity contribution >= 4 is 0 Å². The van der Waals surface area contributed by atoms with Crippen LogP contribution in [0.4, 0.5) is 0 Å². The highest BCUT2D eigenvalue weighted by molar-refractivity contribution is 4.64. The highest BCUT2D eigenvalue weighted by atomic mass is 16.4. The van der Waals surface area contributed by atoms with Crippen LogP contribution < -0.4 is 0 Å². The van der Waals surface area contributed by atoms with Gasteiger partial charge in [-0.1, -0.05) is 0 Å². The van der Waals surface area contributed by atoms with E-state index in [1.54, 1.807) is 0 Å². The molecule has 0 radical (unpaired) electrons. The Hall–Kier alpha value is -0.640. The van der Waals surface area contributed by atoms with E-state index in [2.05, 4.69) is 0 Å². The minimum Gasteiger partial charge on any atom is -0.394 e. The van der Waals surface area contributed by atoms with Gasteiger partial charge in [-0.05, 0) is 0 Å². The Morgan fingerprint density at radius 1 is 0.219 bits per heavy atom. The van der Waals surface area contributed by atoms with Crippen LogP contribution in [0.25, 0.3) is 0 Å². The zero-order valence-electron chi connectivity index (χ0n) is 17.4. The van der Waals surface area contributed by atoms with Crippen LogP contribution in [0.15, 0.2) is 0 Å². The van der Waals surface area contributed by atoms with Gasteiger partial charge in [0.15, 0.2) is 0 Å². The summed E-state index contributed by atoms with van der Waals surface area (Å²) in [5.41, 5.74) is 0. The van der Waals surface area contributed by atoms with Crippen molar-refractivity contribution in [2.75, 3.05) is 52.9 Å². The molecule has 0 aliphatic carbocycles. The summed E-state index contributed by atoms with van der Waals surface area (Å²) in [6.07, 6.45) is -9.78. The molecule has 0 aliphatic heterocycles. The van der Waals surface area contributed by atoms with Gasteiger partial charge in [0.1, 0.15) is 48.8 Å². The molecule has 0 rings (SSSR count). The van der Waals surface area contributed by atoms with Gasteiger partial charge in [-0.15, -0.1) is 0 Å². The molecule has 16 heteroatoms. The molecular weight excluding hydrogens is 448 g/mol. The third kappa shape index (κ3) is 24.0. The molecule has 0 aliphatic rings. The van der Waals surface area contributed by atoms with Crippen molar-refractivity contribution in [3.63, 3.8) is 0 Å². The summed E-state index contributed by atoms with van der Waals surface area (Å²) in [4.78, 5) is 0. The Morgan fingerprint density at radius 3 is 0.312 bits per heavy atom. The first-order chi connectivity index (χ1) is 14.9. The molecule has 0 bridgehead atoms. The fourth-order valence-corrected chi connectivity index (χ4v) is 0.973. The topological polar surface area (TPSA) is 324 Å². The van der Waals surface area contributed by atoms with Crippen molar-refractivity contribution in [1.82, 2.24) is 0 Å². The summed E-state index contributed by atoms with van der Waals surface area (Å²) in [6, 6.07) is 0. The van der Waals surface area contributed by atoms with Gasteiger partial charge in [-0.3, -0.25) is 0 Å². The molecule has 2 unspecified atom stereocenters. The predicted molar refractivity (Wildman–Crippen MR) is 105 cm³/mol. The smallest absolute Gasteiger partial charge is 0.105 e. The van der Waals surface area contributed by atoms with Crippen molar-refractivity contribution in [3.05, 3.63) is 0 Å². The molecule has 0 aromatic heterocycles. The van der Waals surface area contributed by atoms with Crippen molar-refractivity contribution in [2.45, 2.75) is 48.8 Å². The van der Waals surface area contributed by atoms with Gasteiger partial charge < -0.3 is 81.7 Å². The van der Waals surface area contributed by atoms with Gasteiger partial charge in [-0.25, -0.2) is 0 Å². The lowest BCUT2D eigenvalue weighted by Gasteiger charge is -2.10. The minimum absolute atomic E-state index is 0.526. The SMILES string of the molecule is OCC(O)C(O)CO.OC[C@@H](O)[C@@H](O)CO.OC[C@@H](O)[C@H](O)CO.OC[C@H](O)[C@@H](O)CO. The summed E-state index contributed by atoms with van der Waals surface area (Å²) in [5.74, 6) is 0. The second-order valence-electron chi connectivity index (χ2n) is 6.00. The van der Waals surface area contributed by atoms with Crippen LogP contribution in [0.2, 0.25) is 0 Å². The van der Waals surface area contributed by atoms with Gasteiger partial charge in [0.2, 0.25) is 0 Å². The lowest BCUT2D eigenvalue weighted by molar-refractivity contribution is -0.0388. The number of rotatable bonds is 12. The first-order valence-electron chi connectivity index (χ1n) is 9.19. The minimum atomic E-state index is -1.22. The average Bonchev–Trinajstić information content (AvgIpc) is 2.85. The molecular formula is C16H40O16. The molecule has 200 valence electrons. The normalized spacial score (nSPS) is 18.0. The summed E-state index contributed by atoms with van der Waals surface area (Å²) in [5, 5.41) is 133. The number of hydrogen-bond donors (Lipinski definition) is 16. The fourth-order valence-electron chi connectivity index (χ4n) is 0.973. The molecule has 16 nitrogen and oxygen atoms in total. The third-order valence-electron chi connectivity index (χ3n) is 3.27. The molecule has 0 saturated carbocycles. The standard InChI is InChI=1S/4C4H10O4/c4*5-1-3(7)4(8)2-6/h4*3-8H,1-2H2/t3-,4+;2*3-,4-;/m.10./s1. The Morgan fingerprint density at radius 2 is 0.281 bits per heavy atom. The number of aliphatic hydroxyl groups excluding tert-OH is 16. The van der Waals surface area contributed by atoms with E-state index >= 15 is 0 Å². The molecule has 0 heterocycles. The number of hydrogen-bond acceptors (Lipinski definition) is 16. The van der Waals surface area contributed by atoms with Crippen molar-refractivity contribution in [3.8, 4) is 0 Å². The highest BCUT2D eigenvalue weighted by Crippen LogP contribution is 1.90. The Labute approximate surface area is 184 Å². The molecule has 0 saturated heterocycles. The van der Waals surface area contributed by atoms with Gasteiger partial charge in [0.05, 0.1) is 52.9 Å². The van der Waals surface area contributed by atoms with E-state index in [9.17, 15) is 0 Å². The predicted octanol–water partition coefficient (Wildman–Crippen LogP) is -9.23. The molecule has 8 atom stereocenters. The maximum absolute atomic E-state index is 8.47. The zero-order valence-corrected chi connectivity index (χ0v) is 17.4. The van der Waals surface area contributed by atoms with Crippen LogP contribution in [-0.2, 0) is 0 Å². The Balaban J connectivity index is -0.000000163. The third-order valence-corrected chi connectivity index (χ3v) is 3.27. The molecule has 32 heavy (non-hydrogen) atoms. The maximum Gasteiger partial charge on any atom is 0.105 e. The summed E-state index contributed by atoms with van der Waals surface area (Å²) in [6.45, 7) is -4.21. The van der Waals surface area contributed by atoms with Crippen LogP contribution in [0.5, 0.6) is 0 Å². The van der Waals surface area contributed by atoms with Gasteiger partial charge in [-0.2, -0.15) is 0 Å². The van der Waals surface area contributed by atoms with Crippen LogP contribution in [-0.4, -0.2) is 183 Å². The lowest BCUT2D eigenvalue weighted by atomic mass is 10.2. The molecule has 0 aromatic rings. The van der Waals surface area contributed by atoms with E-state index in [0.29, 0.717) is 0 Å². The van der Waals surface area contributed by atoms with Gasteiger partial charge in [0, 0.05) is 0 Å². The van der Waals surface area contributed by atoms with E-state index < -0.39 is 102 Å². The lowest BCUT2D eigenvalue weighted by Crippen LogP contribution is -2.31. The van der Waals surface area contributed by atoms with Crippen LogP contribution in [0, 0.1) is 0 Å². The second-order valence-corrected chi connectivity index (χ2v) is 6.00. The van der Waals surface area contributed by atoms with Gasteiger partial charge >= 0.3 is 0 Å². The average molecular weight is 488 g/mol.